The number of carbonyl (C=O) groups excluding carboxylic acids is 1. The fraction of sp³-hybridized carbons (Fsp3) is 0.130. The van der Waals surface area contributed by atoms with Gasteiger partial charge in [0.05, 0.1) is 5.56 Å². The Hall–Kier alpha value is -3.18. The summed E-state index contributed by atoms with van der Waals surface area (Å²) < 4.78 is 5.78. The van der Waals surface area contributed by atoms with Gasteiger partial charge in [0, 0.05) is 23.1 Å². The zero-order valence-corrected chi connectivity index (χ0v) is 16.5. The molecule has 2 heterocycles. The molecule has 2 aromatic carbocycles. The van der Waals surface area contributed by atoms with Gasteiger partial charge in [0.15, 0.2) is 5.13 Å². The first-order valence-electron chi connectivity index (χ1n) is 9.06. The largest absolute Gasteiger partial charge is 0.461 e. The van der Waals surface area contributed by atoms with E-state index in [-0.39, 0.29) is 5.91 Å². The fourth-order valence-corrected chi connectivity index (χ4v) is 3.81. The molecule has 0 unspecified atom stereocenters. The van der Waals surface area contributed by atoms with Crippen LogP contribution in [0, 0.1) is 13.8 Å². The third-order valence-corrected chi connectivity index (χ3v) is 5.41. The van der Waals surface area contributed by atoms with E-state index in [1.807, 2.05) is 36.5 Å². The van der Waals surface area contributed by atoms with Gasteiger partial charge in [0.1, 0.15) is 11.5 Å². The van der Waals surface area contributed by atoms with Crippen LogP contribution in [0.1, 0.15) is 32.1 Å². The minimum Gasteiger partial charge on any atom is -0.461 e. The Labute approximate surface area is 167 Å². The normalized spacial score (nSPS) is 10.8. The van der Waals surface area contributed by atoms with E-state index in [2.05, 4.69) is 41.5 Å². The van der Waals surface area contributed by atoms with E-state index < -0.39 is 0 Å². The first kappa shape index (κ1) is 18.2. The molecular formula is C23H20N2O2S. The van der Waals surface area contributed by atoms with Crippen molar-refractivity contribution in [1.82, 2.24) is 4.98 Å². The van der Waals surface area contributed by atoms with Crippen LogP contribution >= 0.6 is 11.3 Å². The number of hydrogen-bond donors (Lipinski definition) is 1. The molecule has 5 heteroatoms. The zero-order chi connectivity index (χ0) is 19.5. The number of aryl methyl sites for hydroxylation is 2. The van der Waals surface area contributed by atoms with Crippen molar-refractivity contribution in [3.63, 3.8) is 0 Å². The van der Waals surface area contributed by atoms with Crippen molar-refractivity contribution in [2.24, 2.45) is 0 Å². The number of rotatable bonds is 5. The Morgan fingerprint density at radius 1 is 1.07 bits per heavy atom. The second-order valence-corrected chi connectivity index (χ2v) is 7.81. The maximum atomic E-state index is 12.7. The number of nitrogens with zero attached hydrogens (tertiary/aromatic N) is 1. The summed E-state index contributed by atoms with van der Waals surface area (Å²) in [6.07, 6.45) is 2.62. The van der Waals surface area contributed by atoms with Gasteiger partial charge in [-0.1, -0.05) is 60.2 Å². The third-order valence-electron chi connectivity index (χ3n) is 4.49. The van der Waals surface area contributed by atoms with Gasteiger partial charge in [-0.3, -0.25) is 10.1 Å². The highest BCUT2D eigenvalue weighted by Crippen LogP contribution is 2.27. The number of furan rings is 1. The van der Waals surface area contributed by atoms with Crippen LogP contribution < -0.4 is 5.32 Å². The lowest BCUT2D eigenvalue weighted by atomic mass is 10.1. The minimum atomic E-state index is -0.209. The van der Waals surface area contributed by atoms with Crippen LogP contribution in [0.4, 0.5) is 5.13 Å². The molecule has 0 saturated carbocycles. The molecular weight excluding hydrogens is 368 g/mol. The summed E-state index contributed by atoms with van der Waals surface area (Å²) in [7, 11) is 0. The van der Waals surface area contributed by atoms with Crippen molar-refractivity contribution in [2.75, 3.05) is 5.32 Å². The number of aromatic nitrogens is 1. The molecule has 0 bridgehead atoms. The number of nitrogens with one attached hydrogen (secondary N) is 1. The van der Waals surface area contributed by atoms with E-state index in [9.17, 15) is 4.79 Å². The highest BCUT2D eigenvalue weighted by molar-refractivity contribution is 7.15. The molecule has 1 amide bonds. The number of hydrogen-bond acceptors (Lipinski definition) is 4. The number of benzene rings is 2. The number of thiazole rings is 1. The van der Waals surface area contributed by atoms with Crippen molar-refractivity contribution in [3.8, 4) is 11.3 Å². The van der Waals surface area contributed by atoms with Gasteiger partial charge in [-0.15, -0.1) is 11.3 Å². The van der Waals surface area contributed by atoms with E-state index >= 15 is 0 Å². The average Bonchev–Trinajstić information content (AvgIpc) is 3.30. The van der Waals surface area contributed by atoms with Crippen LogP contribution in [-0.2, 0) is 6.42 Å². The molecule has 0 aliphatic rings. The van der Waals surface area contributed by atoms with E-state index in [1.165, 1.54) is 22.5 Å². The summed E-state index contributed by atoms with van der Waals surface area (Å²) in [6, 6.07) is 20.0. The highest BCUT2D eigenvalue weighted by Gasteiger charge is 2.17. The van der Waals surface area contributed by atoms with Gasteiger partial charge < -0.3 is 4.42 Å². The predicted molar refractivity (Wildman–Crippen MR) is 113 cm³/mol. The number of anilines is 1. The van der Waals surface area contributed by atoms with Crippen molar-refractivity contribution < 1.29 is 9.21 Å². The van der Waals surface area contributed by atoms with Crippen molar-refractivity contribution >= 4 is 22.4 Å². The van der Waals surface area contributed by atoms with Crippen LogP contribution in [0.3, 0.4) is 0 Å². The molecule has 0 atom stereocenters. The van der Waals surface area contributed by atoms with Gasteiger partial charge in [0.25, 0.3) is 5.91 Å². The molecule has 0 radical (unpaired) electrons. The summed E-state index contributed by atoms with van der Waals surface area (Å²) in [5, 5.41) is 3.48. The molecule has 4 aromatic rings. The monoisotopic (exact) mass is 388 g/mol. The molecule has 0 saturated heterocycles. The van der Waals surface area contributed by atoms with E-state index in [4.69, 9.17) is 4.42 Å². The smallest absolute Gasteiger partial charge is 0.261 e. The van der Waals surface area contributed by atoms with Gasteiger partial charge >= 0.3 is 0 Å². The average molecular weight is 388 g/mol. The summed E-state index contributed by atoms with van der Waals surface area (Å²) in [4.78, 5) is 18.1. The lowest BCUT2D eigenvalue weighted by Gasteiger charge is -2.00. The van der Waals surface area contributed by atoms with Crippen molar-refractivity contribution in [3.05, 3.63) is 94.2 Å². The zero-order valence-electron chi connectivity index (χ0n) is 15.7. The first-order valence-corrected chi connectivity index (χ1v) is 9.87. The second kappa shape index (κ2) is 7.82. The molecule has 28 heavy (non-hydrogen) atoms. The Balaban J connectivity index is 1.46. The summed E-state index contributed by atoms with van der Waals surface area (Å²) in [5.74, 6) is 1.06. The minimum absolute atomic E-state index is 0.209. The lowest BCUT2D eigenvalue weighted by molar-refractivity contribution is 0.102. The second-order valence-electron chi connectivity index (χ2n) is 6.69. The van der Waals surface area contributed by atoms with Crippen molar-refractivity contribution in [1.29, 1.82) is 0 Å². The van der Waals surface area contributed by atoms with Gasteiger partial charge in [-0.25, -0.2) is 4.98 Å². The Morgan fingerprint density at radius 2 is 1.82 bits per heavy atom. The molecule has 2 aromatic heterocycles. The standard InChI is InChI=1S/C23H20N2O2S/c1-15-8-10-17(11-9-15)12-19-14-24-23(28-19)25-22(26)20-13-21(27-16(20)2)18-6-4-3-5-7-18/h3-11,13-14H,12H2,1-2H3,(H,24,25,26). The number of amides is 1. The molecule has 140 valence electrons. The highest BCUT2D eigenvalue weighted by atomic mass is 32.1. The Bertz CT molecular complexity index is 1100. The molecule has 0 aliphatic carbocycles. The molecule has 1 N–H and O–H groups in total. The summed E-state index contributed by atoms with van der Waals surface area (Å²) >= 11 is 1.49. The Morgan fingerprint density at radius 3 is 2.57 bits per heavy atom. The molecule has 0 aliphatic heterocycles. The van der Waals surface area contributed by atoms with Crippen LogP contribution in [0.25, 0.3) is 11.3 Å². The third kappa shape index (κ3) is 4.05. The first-order chi connectivity index (χ1) is 13.6. The fourth-order valence-electron chi connectivity index (χ4n) is 2.97. The van der Waals surface area contributed by atoms with Crippen LogP contribution in [0.15, 0.2) is 71.3 Å². The van der Waals surface area contributed by atoms with E-state index in [1.54, 1.807) is 13.0 Å². The van der Waals surface area contributed by atoms with Crippen LogP contribution in [0.2, 0.25) is 0 Å². The van der Waals surface area contributed by atoms with Gasteiger partial charge in [-0.05, 0) is 25.5 Å². The van der Waals surface area contributed by atoms with Gasteiger partial charge in [-0.2, -0.15) is 0 Å². The van der Waals surface area contributed by atoms with Crippen LogP contribution in [0.5, 0.6) is 0 Å². The quantitative estimate of drug-likeness (QED) is 0.466. The number of carbonyl (C=O) groups is 1. The molecule has 0 fully saturated rings. The Kier molecular flexibility index (Phi) is 5.08. The molecule has 0 spiro atoms. The van der Waals surface area contributed by atoms with E-state index in [0.29, 0.717) is 22.2 Å². The maximum Gasteiger partial charge on any atom is 0.261 e. The van der Waals surface area contributed by atoms with Crippen molar-refractivity contribution in [2.45, 2.75) is 20.3 Å². The maximum absolute atomic E-state index is 12.7. The van der Waals surface area contributed by atoms with E-state index in [0.717, 1.165) is 16.9 Å². The lowest BCUT2D eigenvalue weighted by Crippen LogP contribution is -2.11. The summed E-state index contributed by atoms with van der Waals surface area (Å²) in [6.45, 7) is 3.87. The van der Waals surface area contributed by atoms with Gasteiger partial charge in [0.2, 0.25) is 0 Å². The SMILES string of the molecule is Cc1ccc(Cc2cnc(NC(=O)c3cc(-c4ccccc4)oc3C)s2)cc1. The summed E-state index contributed by atoms with van der Waals surface area (Å²) in [5.41, 5.74) is 3.94. The molecule has 4 nitrogen and oxygen atoms in total. The predicted octanol–water partition coefficient (Wildman–Crippen LogP) is 5.86. The molecule has 4 rings (SSSR count). The van der Waals surface area contributed by atoms with Crippen LogP contribution in [-0.4, -0.2) is 10.9 Å². The topological polar surface area (TPSA) is 55.1 Å².